The predicted molar refractivity (Wildman–Crippen MR) is 123 cm³/mol. The molecule has 0 saturated carbocycles. The van der Waals surface area contributed by atoms with Crippen LogP contribution in [0.5, 0.6) is 0 Å². The van der Waals surface area contributed by atoms with Crippen LogP contribution in [0.4, 0.5) is 11.5 Å². The Morgan fingerprint density at radius 2 is 1.84 bits per heavy atom. The smallest absolute Gasteiger partial charge is 0.262 e. The number of benzene rings is 1. The Balaban J connectivity index is 2.00. The van der Waals surface area contributed by atoms with Gasteiger partial charge in [-0.15, -0.1) is 0 Å². The lowest BCUT2D eigenvalue weighted by molar-refractivity contribution is 0.0773. The lowest BCUT2D eigenvalue weighted by atomic mass is 10.1. The van der Waals surface area contributed by atoms with Crippen LogP contribution in [-0.2, 0) is 10.0 Å². The number of piperazine rings is 1. The second-order valence-electron chi connectivity index (χ2n) is 7.68. The Hall–Kier alpha value is -2.65. The zero-order chi connectivity index (χ0) is 22.6. The Morgan fingerprint density at radius 3 is 2.48 bits per heavy atom. The largest absolute Gasteiger partial charge is 0.353 e. The molecule has 2 heterocycles. The number of aromatic nitrogens is 1. The van der Waals surface area contributed by atoms with E-state index in [2.05, 4.69) is 19.9 Å². The van der Waals surface area contributed by atoms with E-state index in [1.54, 1.807) is 30.0 Å². The highest BCUT2D eigenvalue weighted by Gasteiger charge is 2.25. The number of carbonyl (C=O) groups excluding carboxylic acids is 1. The van der Waals surface area contributed by atoms with E-state index in [0.717, 1.165) is 31.7 Å². The van der Waals surface area contributed by atoms with Crippen molar-refractivity contribution in [2.24, 2.45) is 0 Å². The predicted octanol–water partition coefficient (Wildman–Crippen LogP) is 2.39. The summed E-state index contributed by atoms with van der Waals surface area (Å²) in [4.78, 5) is 21.7. The van der Waals surface area contributed by atoms with Gasteiger partial charge in [-0.3, -0.25) is 9.52 Å². The van der Waals surface area contributed by atoms with Crippen molar-refractivity contribution in [1.82, 2.24) is 15.2 Å². The molecular weight excluding hydrogens is 414 g/mol. The van der Waals surface area contributed by atoms with Gasteiger partial charge in [-0.1, -0.05) is 12.1 Å². The van der Waals surface area contributed by atoms with Crippen molar-refractivity contribution in [3.63, 3.8) is 0 Å². The number of hydrogen-bond donors (Lipinski definition) is 2. The highest BCUT2D eigenvalue weighted by molar-refractivity contribution is 7.92. The molecular formula is C22H31N5O3S. The molecule has 1 aromatic carbocycles. The van der Waals surface area contributed by atoms with Gasteiger partial charge in [0.05, 0.1) is 22.3 Å². The van der Waals surface area contributed by atoms with Gasteiger partial charge in [0.2, 0.25) is 0 Å². The topological polar surface area (TPSA) is 94.6 Å². The monoisotopic (exact) mass is 445 g/mol. The third-order valence-corrected chi connectivity index (χ3v) is 6.97. The van der Waals surface area contributed by atoms with Crippen LogP contribution in [0.1, 0.15) is 35.3 Å². The van der Waals surface area contributed by atoms with E-state index >= 15 is 0 Å². The zero-order valence-corrected chi connectivity index (χ0v) is 19.4. The van der Waals surface area contributed by atoms with E-state index in [1.165, 1.54) is 6.20 Å². The summed E-state index contributed by atoms with van der Waals surface area (Å²) in [5, 5.41) is 3.29. The summed E-state index contributed by atoms with van der Waals surface area (Å²) in [6.45, 7) is 11.7. The summed E-state index contributed by atoms with van der Waals surface area (Å²) in [7, 11) is -3.82. The molecule has 0 atom stereocenters. The summed E-state index contributed by atoms with van der Waals surface area (Å²) in [6, 6.07) is 6.90. The molecule has 8 nitrogen and oxygen atoms in total. The van der Waals surface area contributed by atoms with Crippen molar-refractivity contribution in [3.05, 3.63) is 47.2 Å². The van der Waals surface area contributed by atoms with Crippen molar-refractivity contribution in [2.75, 3.05) is 48.9 Å². The zero-order valence-electron chi connectivity index (χ0n) is 18.6. The minimum absolute atomic E-state index is 0.154. The molecule has 3 rings (SSSR count). The van der Waals surface area contributed by atoms with Crippen LogP contribution in [0, 0.1) is 13.8 Å². The Bertz CT molecular complexity index is 1050. The lowest BCUT2D eigenvalue weighted by Gasteiger charge is -2.31. The summed E-state index contributed by atoms with van der Waals surface area (Å²) in [5.41, 5.74) is 2.19. The molecule has 1 aromatic heterocycles. The minimum atomic E-state index is -3.82. The van der Waals surface area contributed by atoms with E-state index in [1.807, 2.05) is 26.8 Å². The van der Waals surface area contributed by atoms with Gasteiger partial charge in [0.25, 0.3) is 15.9 Å². The van der Waals surface area contributed by atoms with Crippen LogP contribution in [0.2, 0.25) is 0 Å². The average molecular weight is 446 g/mol. The highest BCUT2D eigenvalue weighted by Crippen LogP contribution is 2.26. The number of carbonyl (C=O) groups is 1. The third-order valence-electron chi connectivity index (χ3n) is 5.45. The first-order chi connectivity index (χ1) is 14.8. The number of pyridine rings is 1. The number of nitrogens with one attached hydrogen (secondary N) is 2. The summed E-state index contributed by atoms with van der Waals surface area (Å²) < 4.78 is 28.7. The van der Waals surface area contributed by atoms with Crippen LogP contribution < -0.4 is 14.9 Å². The Kier molecular flexibility index (Phi) is 7.17. The summed E-state index contributed by atoms with van der Waals surface area (Å²) in [6.07, 6.45) is 1.49. The van der Waals surface area contributed by atoms with Gasteiger partial charge in [-0.05, 0) is 51.0 Å². The van der Waals surface area contributed by atoms with Crippen LogP contribution in [0.15, 0.2) is 35.4 Å². The maximum atomic E-state index is 13.2. The standard InChI is InChI=1S/C22H31N5O3S/c1-5-26(6-2)22(28)19-14-18(15-24-21(19)27-11-9-23-10-12-27)25-31(29,30)20-13-16(3)7-8-17(20)4/h7-8,13-15,23,25H,5-6,9-12H2,1-4H3. The van der Waals surface area contributed by atoms with Crippen molar-refractivity contribution in [2.45, 2.75) is 32.6 Å². The number of rotatable bonds is 7. The first-order valence-electron chi connectivity index (χ1n) is 10.6. The average Bonchev–Trinajstić information content (AvgIpc) is 2.76. The molecule has 168 valence electrons. The molecule has 1 saturated heterocycles. The number of nitrogens with zero attached hydrogens (tertiary/aromatic N) is 3. The normalized spacial score (nSPS) is 14.4. The van der Waals surface area contributed by atoms with Gasteiger partial charge in [0.15, 0.2) is 0 Å². The maximum Gasteiger partial charge on any atom is 0.262 e. The Labute approximate surface area is 184 Å². The van der Waals surface area contributed by atoms with Gasteiger partial charge in [0, 0.05) is 39.3 Å². The first kappa shape index (κ1) is 23.0. The Morgan fingerprint density at radius 1 is 1.16 bits per heavy atom. The quantitative estimate of drug-likeness (QED) is 0.680. The van der Waals surface area contributed by atoms with Crippen molar-refractivity contribution in [3.8, 4) is 0 Å². The van der Waals surface area contributed by atoms with Crippen LogP contribution in [0.25, 0.3) is 0 Å². The van der Waals surface area contributed by atoms with E-state index < -0.39 is 10.0 Å². The molecule has 31 heavy (non-hydrogen) atoms. The molecule has 1 fully saturated rings. The van der Waals surface area contributed by atoms with Gasteiger partial charge >= 0.3 is 0 Å². The molecule has 1 amide bonds. The fourth-order valence-corrected chi connectivity index (χ4v) is 5.05. The van der Waals surface area contributed by atoms with E-state index in [4.69, 9.17) is 0 Å². The van der Waals surface area contributed by atoms with Gasteiger partial charge in [0.1, 0.15) is 5.82 Å². The molecule has 2 N–H and O–H groups in total. The molecule has 1 aliphatic heterocycles. The summed E-state index contributed by atoms with van der Waals surface area (Å²) >= 11 is 0. The van der Waals surface area contributed by atoms with E-state index in [0.29, 0.717) is 30.0 Å². The number of sulfonamides is 1. The molecule has 0 bridgehead atoms. The fraction of sp³-hybridized carbons (Fsp3) is 0.455. The van der Waals surface area contributed by atoms with E-state index in [9.17, 15) is 13.2 Å². The number of anilines is 2. The van der Waals surface area contributed by atoms with Gasteiger partial charge < -0.3 is 15.1 Å². The highest BCUT2D eigenvalue weighted by atomic mass is 32.2. The molecule has 0 spiro atoms. The van der Waals surface area contributed by atoms with Crippen molar-refractivity contribution < 1.29 is 13.2 Å². The molecule has 0 aliphatic carbocycles. The van der Waals surface area contributed by atoms with Crippen molar-refractivity contribution in [1.29, 1.82) is 0 Å². The van der Waals surface area contributed by atoms with Gasteiger partial charge in [-0.2, -0.15) is 0 Å². The second kappa shape index (κ2) is 9.65. The minimum Gasteiger partial charge on any atom is -0.353 e. The first-order valence-corrected chi connectivity index (χ1v) is 12.1. The number of aryl methyl sites for hydroxylation is 2. The van der Waals surface area contributed by atoms with Crippen LogP contribution in [0.3, 0.4) is 0 Å². The molecule has 2 aromatic rings. The van der Waals surface area contributed by atoms with Gasteiger partial charge in [-0.25, -0.2) is 13.4 Å². The van der Waals surface area contributed by atoms with Crippen LogP contribution >= 0.6 is 0 Å². The van der Waals surface area contributed by atoms with Crippen molar-refractivity contribution >= 4 is 27.4 Å². The summed E-state index contributed by atoms with van der Waals surface area (Å²) in [5.74, 6) is 0.437. The maximum absolute atomic E-state index is 13.2. The molecule has 0 radical (unpaired) electrons. The SMILES string of the molecule is CCN(CC)C(=O)c1cc(NS(=O)(=O)c2cc(C)ccc2C)cnc1N1CCNCC1. The second-order valence-corrected chi connectivity index (χ2v) is 9.33. The molecule has 1 aliphatic rings. The fourth-order valence-electron chi connectivity index (χ4n) is 3.69. The lowest BCUT2D eigenvalue weighted by Crippen LogP contribution is -2.45. The third kappa shape index (κ3) is 5.16. The number of amides is 1. The molecule has 9 heteroatoms. The molecule has 0 unspecified atom stereocenters. The number of hydrogen-bond acceptors (Lipinski definition) is 6. The van der Waals surface area contributed by atoms with E-state index in [-0.39, 0.29) is 16.5 Å². The van der Waals surface area contributed by atoms with Crippen LogP contribution in [-0.4, -0.2) is 63.5 Å².